The Labute approximate surface area is 130 Å². The number of hydrazone groups is 1. The third-order valence-electron chi connectivity index (χ3n) is 3.00. The van der Waals surface area contributed by atoms with Crippen molar-refractivity contribution in [1.29, 1.82) is 0 Å². The molecule has 2 N–H and O–H groups in total. The molecule has 7 heteroatoms. The Morgan fingerprint density at radius 1 is 1.22 bits per heavy atom. The van der Waals surface area contributed by atoms with Crippen molar-refractivity contribution in [3.8, 4) is 5.75 Å². The Balaban J connectivity index is 2.13. The molecule has 0 aliphatic heterocycles. The summed E-state index contributed by atoms with van der Waals surface area (Å²) in [5.41, 5.74) is 2.39. The van der Waals surface area contributed by atoms with Crippen molar-refractivity contribution < 1.29 is 23.1 Å². The number of nitrogens with one attached hydrogen (secondary N) is 1. The van der Waals surface area contributed by atoms with Gasteiger partial charge in [0.1, 0.15) is 5.75 Å². The molecule has 0 spiro atoms. The maximum atomic E-state index is 12.6. The van der Waals surface area contributed by atoms with E-state index in [9.17, 15) is 23.1 Å². The highest BCUT2D eigenvalue weighted by atomic mass is 19.4. The number of nitrogens with zero attached hydrogens (tertiary/aromatic N) is 1. The van der Waals surface area contributed by atoms with Gasteiger partial charge in [-0.3, -0.25) is 4.79 Å². The smallest absolute Gasteiger partial charge is 0.416 e. The Morgan fingerprint density at radius 2 is 1.96 bits per heavy atom. The predicted molar refractivity (Wildman–Crippen MR) is 79.3 cm³/mol. The maximum absolute atomic E-state index is 12.6. The number of alkyl halides is 3. The second-order valence-electron chi connectivity index (χ2n) is 4.84. The Bertz CT molecular complexity index is 755. The topological polar surface area (TPSA) is 61.7 Å². The zero-order valence-electron chi connectivity index (χ0n) is 12.1. The minimum atomic E-state index is -4.53. The molecule has 2 aromatic rings. The molecular formula is C16H13F3N2O2. The second kappa shape index (κ2) is 6.51. The largest absolute Gasteiger partial charge is 0.507 e. The first-order chi connectivity index (χ1) is 10.8. The van der Waals surface area contributed by atoms with E-state index in [0.717, 1.165) is 30.0 Å². The van der Waals surface area contributed by atoms with Crippen molar-refractivity contribution in [3.05, 3.63) is 64.7 Å². The number of carbonyl (C=O) groups excluding carboxylic acids is 1. The maximum Gasteiger partial charge on any atom is 0.416 e. The average Bonchev–Trinajstić information content (AvgIpc) is 2.47. The Kier molecular flexibility index (Phi) is 4.68. The lowest BCUT2D eigenvalue weighted by molar-refractivity contribution is -0.137. The van der Waals surface area contributed by atoms with Gasteiger partial charge in [-0.15, -0.1) is 0 Å². The molecule has 0 heterocycles. The molecule has 1 amide bonds. The number of phenols is 1. The third-order valence-corrected chi connectivity index (χ3v) is 3.00. The summed E-state index contributed by atoms with van der Waals surface area (Å²) in [6, 6.07) is 9.18. The van der Waals surface area contributed by atoms with E-state index in [1.54, 1.807) is 18.2 Å². The molecule has 2 rings (SSSR count). The van der Waals surface area contributed by atoms with Crippen LogP contribution in [0.25, 0.3) is 0 Å². The SMILES string of the molecule is Cc1cccc(C(=O)N/N=C/c2cc(C(F)(F)F)ccc2O)c1. The van der Waals surface area contributed by atoms with Gasteiger partial charge in [0.2, 0.25) is 0 Å². The highest BCUT2D eigenvalue weighted by molar-refractivity contribution is 5.95. The van der Waals surface area contributed by atoms with Gasteiger partial charge in [-0.25, -0.2) is 5.43 Å². The first-order valence-corrected chi connectivity index (χ1v) is 6.57. The minimum absolute atomic E-state index is 0.149. The molecule has 120 valence electrons. The molecule has 0 saturated carbocycles. The number of aromatic hydroxyl groups is 1. The van der Waals surface area contributed by atoms with E-state index in [1.165, 1.54) is 0 Å². The predicted octanol–water partition coefficient (Wildman–Crippen LogP) is 3.48. The van der Waals surface area contributed by atoms with Crippen LogP contribution in [-0.2, 0) is 6.18 Å². The summed E-state index contributed by atoms with van der Waals surface area (Å²) < 4.78 is 37.8. The fraction of sp³-hybridized carbons (Fsp3) is 0.125. The van der Waals surface area contributed by atoms with Crippen molar-refractivity contribution >= 4 is 12.1 Å². The number of amides is 1. The normalized spacial score (nSPS) is 11.7. The standard InChI is InChI=1S/C16H13F3N2O2/c1-10-3-2-4-11(7-10)15(23)21-20-9-12-8-13(16(17,18)19)5-6-14(12)22/h2-9,22H,1H3,(H,21,23)/b20-9+. The lowest BCUT2D eigenvalue weighted by Crippen LogP contribution is -2.17. The molecule has 0 aliphatic carbocycles. The lowest BCUT2D eigenvalue weighted by atomic mass is 10.1. The zero-order valence-corrected chi connectivity index (χ0v) is 12.1. The third kappa shape index (κ3) is 4.32. The number of phenolic OH excluding ortho intramolecular Hbond substituents is 1. The molecule has 0 bridgehead atoms. The van der Waals surface area contributed by atoms with Gasteiger partial charge in [-0.05, 0) is 37.3 Å². The van der Waals surface area contributed by atoms with E-state index in [0.29, 0.717) is 5.56 Å². The van der Waals surface area contributed by atoms with Crippen molar-refractivity contribution in [3.63, 3.8) is 0 Å². The van der Waals surface area contributed by atoms with Crippen LogP contribution in [0.5, 0.6) is 5.75 Å². The van der Waals surface area contributed by atoms with Crippen LogP contribution >= 0.6 is 0 Å². The molecule has 0 saturated heterocycles. The number of aryl methyl sites for hydroxylation is 1. The molecule has 2 aromatic carbocycles. The molecule has 23 heavy (non-hydrogen) atoms. The van der Waals surface area contributed by atoms with E-state index in [4.69, 9.17) is 0 Å². The summed E-state index contributed by atoms with van der Waals surface area (Å²) in [5, 5.41) is 13.1. The molecule has 0 aromatic heterocycles. The fourth-order valence-corrected chi connectivity index (χ4v) is 1.85. The number of benzene rings is 2. The van der Waals surface area contributed by atoms with E-state index >= 15 is 0 Å². The van der Waals surface area contributed by atoms with Gasteiger partial charge < -0.3 is 5.11 Å². The molecule has 0 atom stereocenters. The summed E-state index contributed by atoms with van der Waals surface area (Å²) in [5.74, 6) is -0.872. The van der Waals surface area contributed by atoms with E-state index in [-0.39, 0.29) is 11.3 Å². The van der Waals surface area contributed by atoms with Crippen LogP contribution in [0.2, 0.25) is 0 Å². The summed E-state index contributed by atoms with van der Waals surface area (Å²) in [4.78, 5) is 11.8. The highest BCUT2D eigenvalue weighted by Crippen LogP contribution is 2.31. The van der Waals surface area contributed by atoms with Gasteiger partial charge in [0.05, 0.1) is 11.8 Å². The summed E-state index contributed by atoms with van der Waals surface area (Å²) in [7, 11) is 0. The molecule has 0 aliphatic rings. The number of carbonyl (C=O) groups is 1. The van der Waals surface area contributed by atoms with Crippen LogP contribution in [0.1, 0.15) is 27.0 Å². The van der Waals surface area contributed by atoms with E-state index in [2.05, 4.69) is 10.5 Å². The average molecular weight is 322 g/mol. The Morgan fingerprint density at radius 3 is 2.61 bits per heavy atom. The number of hydrogen-bond donors (Lipinski definition) is 2. The van der Waals surface area contributed by atoms with Crippen LogP contribution in [0.3, 0.4) is 0 Å². The van der Waals surface area contributed by atoms with Crippen LogP contribution in [0.15, 0.2) is 47.6 Å². The van der Waals surface area contributed by atoms with E-state index in [1.807, 2.05) is 13.0 Å². The Hall–Kier alpha value is -2.83. The van der Waals surface area contributed by atoms with Gasteiger partial charge in [0.25, 0.3) is 5.91 Å². The van der Waals surface area contributed by atoms with Crippen LogP contribution in [-0.4, -0.2) is 17.2 Å². The molecule has 0 unspecified atom stereocenters. The second-order valence-corrected chi connectivity index (χ2v) is 4.84. The molecule has 4 nitrogen and oxygen atoms in total. The summed E-state index contributed by atoms with van der Waals surface area (Å²) in [6.45, 7) is 1.82. The van der Waals surface area contributed by atoms with Gasteiger partial charge in [0, 0.05) is 11.1 Å². The summed E-state index contributed by atoms with van der Waals surface area (Å²) >= 11 is 0. The van der Waals surface area contributed by atoms with Crippen molar-refractivity contribution in [1.82, 2.24) is 5.43 Å². The number of halogens is 3. The molecule has 0 radical (unpaired) electrons. The minimum Gasteiger partial charge on any atom is -0.507 e. The van der Waals surface area contributed by atoms with Crippen molar-refractivity contribution in [2.75, 3.05) is 0 Å². The van der Waals surface area contributed by atoms with Gasteiger partial charge >= 0.3 is 6.18 Å². The molecule has 0 fully saturated rings. The summed E-state index contributed by atoms with van der Waals surface area (Å²) in [6.07, 6.45) is -3.57. The quantitative estimate of drug-likeness (QED) is 0.671. The van der Waals surface area contributed by atoms with Gasteiger partial charge in [0.15, 0.2) is 0 Å². The molecular weight excluding hydrogens is 309 g/mol. The van der Waals surface area contributed by atoms with Crippen molar-refractivity contribution in [2.45, 2.75) is 13.1 Å². The van der Waals surface area contributed by atoms with E-state index < -0.39 is 17.6 Å². The van der Waals surface area contributed by atoms with Gasteiger partial charge in [-0.1, -0.05) is 17.7 Å². The van der Waals surface area contributed by atoms with Crippen LogP contribution in [0.4, 0.5) is 13.2 Å². The van der Waals surface area contributed by atoms with Crippen LogP contribution in [0, 0.1) is 6.92 Å². The first kappa shape index (κ1) is 16.5. The zero-order chi connectivity index (χ0) is 17.0. The number of hydrogen-bond acceptors (Lipinski definition) is 3. The fourth-order valence-electron chi connectivity index (χ4n) is 1.85. The monoisotopic (exact) mass is 322 g/mol. The first-order valence-electron chi connectivity index (χ1n) is 6.57. The lowest BCUT2D eigenvalue weighted by Gasteiger charge is -2.08. The van der Waals surface area contributed by atoms with Crippen molar-refractivity contribution in [2.24, 2.45) is 5.10 Å². The van der Waals surface area contributed by atoms with Crippen LogP contribution < -0.4 is 5.43 Å². The highest BCUT2D eigenvalue weighted by Gasteiger charge is 2.30. The number of rotatable bonds is 3. The van der Waals surface area contributed by atoms with Gasteiger partial charge in [-0.2, -0.15) is 18.3 Å².